The Morgan fingerprint density at radius 2 is 1.53 bits per heavy atom. The Morgan fingerprint density at radius 3 is 2.16 bits per heavy atom. The van der Waals surface area contributed by atoms with Crippen molar-refractivity contribution >= 4 is 23.3 Å². The van der Waals surface area contributed by atoms with Gasteiger partial charge in [0.05, 0.1) is 17.5 Å². The number of anilines is 1. The molecule has 2 saturated carbocycles. The average molecular weight is 428 g/mol. The number of allylic oxidation sites excluding steroid dienone is 2. The number of carbonyl (C=O) groups excluding carboxylic acids is 3. The fraction of sp³-hybridized carbons (Fsp3) is 0.370. The Balaban J connectivity index is 1.29. The van der Waals surface area contributed by atoms with E-state index in [-0.39, 0.29) is 41.3 Å². The van der Waals surface area contributed by atoms with Crippen LogP contribution in [0.1, 0.15) is 29.3 Å². The molecule has 7 rings (SSSR count). The van der Waals surface area contributed by atoms with Crippen molar-refractivity contribution in [3.05, 3.63) is 71.8 Å². The van der Waals surface area contributed by atoms with Gasteiger partial charge in [0.25, 0.3) is 0 Å². The number of aryl methyl sites for hydroxylation is 1. The minimum atomic E-state index is -0.751. The molecule has 0 aromatic heterocycles. The van der Waals surface area contributed by atoms with Gasteiger partial charge in [0.15, 0.2) is 6.10 Å². The highest BCUT2D eigenvalue weighted by molar-refractivity contribution is 6.23. The first kappa shape index (κ1) is 19.5. The van der Waals surface area contributed by atoms with Crippen molar-refractivity contribution in [2.45, 2.75) is 26.4 Å². The largest absolute Gasteiger partial charge is 0.480 e. The second kappa shape index (κ2) is 6.89. The van der Waals surface area contributed by atoms with Crippen LogP contribution in [-0.2, 0) is 9.59 Å². The zero-order valence-electron chi connectivity index (χ0n) is 18.1. The van der Waals surface area contributed by atoms with Crippen LogP contribution in [0, 0.1) is 42.4 Å². The molecule has 162 valence electrons. The third-order valence-corrected chi connectivity index (χ3v) is 7.78. The van der Waals surface area contributed by atoms with Crippen molar-refractivity contribution < 1.29 is 19.1 Å². The Labute approximate surface area is 187 Å². The van der Waals surface area contributed by atoms with Gasteiger partial charge < -0.3 is 4.74 Å². The predicted octanol–water partition coefficient (Wildman–Crippen LogP) is 4.20. The Bertz CT molecular complexity index is 1130. The summed E-state index contributed by atoms with van der Waals surface area (Å²) in [5.41, 5.74) is 2.09. The van der Waals surface area contributed by atoms with Crippen LogP contribution in [0.2, 0.25) is 0 Å². The molecule has 2 amide bonds. The van der Waals surface area contributed by atoms with E-state index in [1.807, 2.05) is 19.1 Å². The monoisotopic (exact) mass is 427 g/mol. The Morgan fingerprint density at radius 1 is 0.938 bits per heavy atom. The first-order valence-electron chi connectivity index (χ1n) is 11.4. The van der Waals surface area contributed by atoms with Crippen LogP contribution in [0.15, 0.2) is 60.7 Å². The molecule has 2 aromatic rings. The lowest BCUT2D eigenvalue weighted by molar-refractivity contribution is -0.124. The van der Waals surface area contributed by atoms with Crippen LogP contribution in [0.5, 0.6) is 5.75 Å². The van der Waals surface area contributed by atoms with E-state index in [0.29, 0.717) is 28.8 Å². The van der Waals surface area contributed by atoms with Crippen molar-refractivity contribution in [2.75, 3.05) is 4.90 Å². The number of hydrogen-bond donors (Lipinski definition) is 0. The van der Waals surface area contributed by atoms with Crippen LogP contribution in [0.25, 0.3) is 0 Å². The van der Waals surface area contributed by atoms with Crippen molar-refractivity contribution in [3.63, 3.8) is 0 Å². The van der Waals surface area contributed by atoms with Gasteiger partial charge in [-0.2, -0.15) is 0 Å². The zero-order valence-corrected chi connectivity index (χ0v) is 18.1. The molecule has 5 aliphatic rings. The van der Waals surface area contributed by atoms with E-state index in [2.05, 4.69) is 12.2 Å². The van der Waals surface area contributed by atoms with E-state index in [1.54, 1.807) is 43.3 Å². The minimum absolute atomic E-state index is 0.127. The lowest BCUT2D eigenvalue weighted by Crippen LogP contribution is -2.40. The van der Waals surface area contributed by atoms with Gasteiger partial charge in [-0.1, -0.05) is 54.1 Å². The van der Waals surface area contributed by atoms with Gasteiger partial charge in [0, 0.05) is 5.56 Å². The van der Waals surface area contributed by atoms with Gasteiger partial charge >= 0.3 is 0 Å². The number of carbonyl (C=O) groups is 3. The number of imide groups is 1. The second-order valence-corrected chi connectivity index (χ2v) is 9.62. The van der Waals surface area contributed by atoms with Gasteiger partial charge in [-0.3, -0.25) is 14.4 Å². The molecule has 1 aliphatic heterocycles. The van der Waals surface area contributed by atoms with Crippen molar-refractivity contribution in [3.8, 4) is 5.75 Å². The summed E-state index contributed by atoms with van der Waals surface area (Å²) in [4.78, 5) is 41.2. The van der Waals surface area contributed by atoms with Gasteiger partial charge in [-0.05, 0) is 56.1 Å². The number of hydrogen-bond acceptors (Lipinski definition) is 4. The molecule has 1 saturated heterocycles. The van der Waals surface area contributed by atoms with Gasteiger partial charge in [-0.15, -0.1) is 0 Å². The van der Waals surface area contributed by atoms with E-state index in [1.165, 1.54) is 4.90 Å². The summed E-state index contributed by atoms with van der Waals surface area (Å²) in [5, 5.41) is 0. The zero-order chi connectivity index (χ0) is 22.1. The molecular weight excluding hydrogens is 402 g/mol. The number of benzene rings is 2. The fourth-order valence-corrected chi connectivity index (χ4v) is 6.13. The molecule has 7 atom stereocenters. The number of amides is 2. The topological polar surface area (TPSA) is 63.7 Å². The summed E-state index contributed by atoms with van der Waals surface area (Å²) >= 11 is 0. The maximum atomic E-state index is 13.5. The summed E-state index contributed by atoms with van der Waals surface area (Å²) in [6, 6.07) is 14.4. The van der Waals surface area contributed by atoms with E-state index < -0.39 is 6.10 Å². The molecule has 0 spiro atoms. The smallest absolute Gasteiger partial charge is 0.238 e. The standard InChI is InChI=1S/C27H25NO4/c1-14-7-9-16(10-8-14)25(29)15(2)32-22-6-4-3-5-21(22)28-26(30)23-17-11-12-18(20-13-19(17)20)24(23)27(28)31/h3-12,15,17-20,23-24H,13H2,1-2H3/t15-,17-,18-,19-,20-,23-,24+/m0/s1. The van der Waals surface area contributed by atoms with Gasteiger partial charge in [0.1, 0.15) is 5.75 Å². The molecule has 2 aromatic carbocycles. The van der Waals surface area contributed by atoms with Gasteiger partial charge in [0.2, 0.25) is 17.6 Å². The minimum Gasteiger partial charge on any atom is -0.480 e. The van der Waals surface area contributed by atoms with E-state index >= 15 is 0 Å². The molecule has 0 unspecified atom stereocenters. The van der Waals surface area contributed by atoms with Crippen molar-refractivity contribution in [1.82, 2.24) is 0 Å². The lowest BCUT2D eigenvalue weighted by atomic mass is 9.63. The van der Waals surface area contributed by atoms with Crippen LogP contribution in [0.4, 0.5) is 5.69 Å². The molecule has 0 N–H and O–H groups in total. The average Bonchev–Trinajstić information content (AvgIpc) is 3.58. The molecule has 1 heterocycles. The molecule has 0 radical (unpaired) electrons. The lowest BCUT2D eigenvalue weighted by Gasteiger charge is -2.37. The van der Waals surface area contributed by atoms with Crippen LogP contribution >= 0.6 is 0 Å². The summed E-state index contributed by atoms with van der Waals surface area (Å²) in [6.07, 6.45) is 4.71. The molecule has 5 heteroatoms. The normalized spacial score (nSPS) is 32.5. The highest BCUT2D eigenvalue weighted by Crippen LogP contribution is 2.65. The first-order valence-corrected chi connectivity index (χ1v) is 11.4. The highest BCUT2D eigenvalue weighted by atomic mass is 16.5. The highest BCUT2D eigenvalue weighted by Gasteiger charge is 2.67. The summed E-state index contributed by atoms with van der Waals surface area (Å²) < 4.78 is 6.04. The van der Waals surface area contributed by atoms with Crippen molar-refractivity contribution in [1.29, 1.82) is 0 Å². The SMILES string of the molecule is Cc1ccc(C(=O)[C@H](C)Oc2ccccc2N2C(=O)[C@@H]3[C@H]4C=C[C@@H]([C@@H]5C[C@@H]45)[C@@H]3C2=O)cc1. The third kappa shape index (κ3) is 2.73. The van der Waals surface area contributed by atoms with E-state index in [0.717, 1.165) is 12.0 Å². The van der Waals surface area contributed by atoms with Crippen LogP contribution in [0.3, 0.4) is 0 Å². The maximum Gasteiger partial charge on any atom is 0.238 e. The first-order chi connectivity index (χ1) is 15.5. The molecule has 2 bridgehead atoms. The summed E-state index contributed by atoms with van der Waals surface area (Å²) in [5.74, 6) is 0.917. The molecular formula is C27H25NO4. The number of para-hydroxylation sites is 2. The quantitative estimate of drug-likeness (QED) is 0.408. The number of ether oxygens (including phenoxy) is 1. The van der Waals surface area contributed by atoms with Crippen molar-refractivity contribution in [2.24, 2.45) is 35.5 Å². The van der Waals surface area contributed by atoms with Gasteiger partial charge in [-0.25, -0.2) is 4.90 Å². The van der Waals surface area contributed by atoms with Crippen LogP contribution < -0.4 is 9.64 Å². The predicted molar refractivity (Wildman–Crippen MR) is 119 cm³/mol. The molecule has 32 heavy (non-hydrogen) atoms. The Hall–Kier alpha value is -3.21. The van der Waals surface area contributed by atoms with E-state index in [9.17, 15) is 14.4 Å². The number of Topliss-reactive ketones (excluding diaryl/α,β-unsaturated/α-hetero) is 1. The summed E-state index contributed by atoms with van der Waals surface area (Å²) in [7, 11) is 0. The second-order valence-electron chi connectivity index (χ2n) is 9.62. The van der Waals surface area contributed by atoms with E-state index in [4.69, 9.17) is 4.74 Å². The third-order valence-electron chi connectivity index (χ3n) is 7.78. The number of rotatable bonds is 5. The number of nitrogens with zero attached hydrogens (tertiary/aromatic N) is 1. The maximum absolute atomic E-state index is 13.5. The van der Waals surface area contributed by atoms with Crippen LogP contribution in [-0.4, -0.2) is 23.7 Å². The number of ketones is 1. The molecule has 4 aliphatic carbocycles. The molecule has 3 fully saturated rings. The molecule has 5 nitrogen and oxygen atoms in total. The Kier molecular flexibility index (Phi) is 4.19. The summed E-state index contributed by atoms with van der Waals surface area (Å²) in [6.45, 7) is 3.67. The fourth-order valence-electron chi connectivity index (χ4n) is 6.13.